The van der Waals surface area contributed by atoms with Crippen molar-refractivity contribution in [3.63, 3.8) is 0 Å². The quantitative estimate of drug-likeness (QED) is 0.189. The fourth-order valence-corrected chi connectivity index (χ4v) is 6.12. The maximum Gasteiger partial charge on any atom is 0.227 e. The third-order valence-electron chi connectivity index (χ3n) is 8.54. The Hall–Kier alpha value is -6.46. The van der Waals surface area contributed by atoms with Crippen LogP contribution in [-0.2, 0) is 0 Å². The molecule has 0 fully saturated rings. The van der Waals surface area contributed by atoms with Gasteiger partial charge in [-0.15, -0.1) is 0 Å². The van der Waals surface area contributed by atoms with Crippen LogP contribution in [0.4, 0.5) is 17.1 Å². The Balaban J connectivity index is 1.09. The molecule has 0 unspecified atom stereocenters. The van der Waals surface area contributed by atoms with Gasteiger partial charge in [-0.05, 0) is 113 Å². The molecule has 5 nitrogen and oxygen atoms in total. The van der Waals surface area contributed by atoms with Gasteiger partial charge in [-0.2, -0.15) is 0 Å². The lowest BCUT2D eigenvalue weighted by molar-refractivity contribution is 0.619. The van der Waals surface area contributed by atoms with E-state index >= 15 is 0 Å². The normalized spacial score (nSPS) is 11.4. The summed E-state index contributed by atoms with van der Waals surface area (Å²) in [5, 5.41) is 2.47. The number of fused-ring (bicyclic) bond motifs is 3. The number of benzene rings is 7. The zero-order valence-corrected chi connectivity index (χ0v) is 25.2. The Bertz CT molecular complexity index is 2330. The lowest BCUT2D eigenvalue weighted by Crippen LogP contribution is -2.09. The van der Waals surface area contributed by atoms with Crippen molar-refractivity contribution in [2.24, 2.45) is 0 Å². The fraction of sp³-hybridized carbons (Fsp3) is 0. The highest BCUT2D eigenvalue weighted by Gasteiger charge is 2.16. The van der Waals surface area contributed by atoms with Crippen LogP contribution in [0.5, 0.6) is 0 Å². The molecule has 9 rings (SSSR count). The van der Waals surface area contributed by atoms with Gasteiger partial charge in [0.05, 0.1) is 0 Å². The lowest BCUT2D eigenvalue weighted by atomic mass is 10.0. The number of anilines is 3. The van der Waals surface area contributed by atoms with Crippen molar-refractivity contribution in [1.82, 2.24) is 9.97 Å². The van der Waals surface area contributed by atoms with E-state index < -0.39 is 0 Å². The molecule has 0 bridgehead atoms. The first-order valence-corrected chi connectivity index (χ1v) is 15.6. The van der Waals surface area contributed by atoms with E-state index in [0.29, 0.717) is 11.8 Å². The molecule has 0 amide bonds. The average molecular weight is 606 g/mol. The van der Waals surface area contributed by atoms with Gasteiger partial charge in [-0.1, -0.05) is 72.8 Å². The fourth-order valence-electron chi connectivity index (χ4n) is 6.12. The van der Waals surface area contributed by atoms with Crippen molar-refractivity contribution in [1.29, 1.82) is 0 Å². The molecule has 0 radical (unpaired) electrons. The van der Waals surface area contributed by atoms with Crippen LogP contribution >= 0.6 is 0 Å². The van der Waals surface area contributed by atoms with Crippen LogP contribution in [0, 0.1) is 0 Å². The second-order valence-electron chi connectivity index (χ2n) is 11.5. The summed E-state index contributed by atoms with van der Waals surface area (Å²) in [6.45, 7) is 0. The molecule has 0 saturated carbocycles. The highest BCUT2D eigenvalue weighted by molar-refractivity contribution is 5.88. The number of aromatic nitrogens is 2. The molecule has 9 aromatic rings. The molecule has 0 N–H and O–H groups in total. The summed E-state index contributed by atoms with van der Waals surface area (Å²) >= 11 is 0. The molecule has 0 aliphatic rings. The Morgan fingerprint density at radius 2 is 0.787 bits per heavy atom. The molecule has 2 aromatic heterocycles. The molecule has 0 saturated heterocycles. The molecule has 2 heterocycles. The van der Waals surface area contributed by atoms with E-state index in [1.165, 1.54) is 16.3 Å². The van der Waals surface area contributed by atoms with Crippen molar-refractivity contribution in [3.8, 4) is 34.0 Å². The Labute approximate surface area is 271 Å². The third-order valence-corrected chi connectivity index (χ3v) is 8.54. The molecule has 222 valence electrons. The molecule has 0 aliphatic carbocycles. The zero-order valence-electron chi connectivity index (χ0n) is 25.2. The van der Waals surface area contributed by atoms with E-state index in [1.807, 2.05) is 48.5 Å². The van der Waals surface area contributed by atoms with Crippen LogP contribution in [-0.4, -0.2) is 9.97 Å². The number of oxazole rings is 2. The predicted molar refractivity (Wildman–Crippen MR) is 190 cm³/mol. The summed E-state index contributed by atoms with van der Waals surface area (Å²) in [6, 6.07) is 56.1. The maximum atomic E-state index is 6.04. The molecule has 5 heteroatoms. The molecular formula is C42H27N3O2. The van der Waals surface area contributed by atoms with Gasteiger partial charge in [0.25, 0.3) is 0 Å². The van der Waals surface area contributed by atoms with E-state index in [1.54, 1.807) is 0 Å². The first kappa shape index (κ1) is 26.9. The van der Waals surface area contributed by atoms with E-state index in [4.69, 9.17) is 18.8 Å². The van der Waals surface area contributed by atoms with E-state index in [9.17, 15) is 0 Å². The number of hydrogen-bond donors (Lipinski definition) is 0. The van der Waals surface area contributed by atoms with Gasteiger partial charge in [0.1, 0.15) is 11.0 Å². The Morgan fingerprint density at radius 3 is 1.30 bits per heavy atom. The largest absolute Gasteiger partial charge is 0.436 e. The van der Waals surface area contributed by atoms with Gasteiger partial charge in [0, 0.05) is 28.2 Å². The molecule has 0 spiro atoms. The van der Waals surface area contributed by atoms with E-state index in [-0.39, 0.29) is 0 Å². The van der Waals surface area contributed by atoms with Crippen LogP contribution < -0.4 is 4.90 Å². The molecular weight excluding hydrogens is 578 g/mol. The van der Waals surface area contributed by atoms with Crippen LogP contribution in [0.15, 0.2) is 173 Å². The van der Waals surface area contributed by atoms with Crippen LogP contribution in [0.3, 0.4) is 0 Å². The van der Waals surface area contributed by atoms with Gasteiger partial charge in [0.15, 0.2) is 11.2 Å². The van der Waals surface area contributed by atoms with E-state index in [0.717, 1.165) is 56.0 Å². The minimum atomic E-state index is 0.603. The van der Waals surface area contributed by atoms with Crippen molar-refractivity contribution < 1.29 is 8.83 Å². The SMILES string of the molecule is c1ccc2cc(-c3ccc(N(c4ccc(-c5nc6ccccc6o5)cc4)c4ccc(-c5nc6ccccc6o5)cc4)cc3)ccc2c1. The first-order valence-electron chi connectivity index (χ1n) is 15.6. The van der Waals surface area contributed by atoms with Crippen molar-refractivity contribution in [3.05, 3.63) is 164 Å². The van der Waals surface area contributed by atoms with Crippen molar-refractivity contribution in [2.45, 2.75) is 0 Å². The van der Waals surface area contributed by atoms with Crippen LogP contribution in [0.25, 0.3) is 67.0 Å². The van der Waals surface area contributed by atoms with Gasteiger partial charge < -0.3 is 13.7 Å². The Kier molecular flexibility index (Phi) is 6.39. The maximum absolute atomic E-state index is 6.04. The number of rotatable bonds is 6. The molecule has 0 aliphatic heterocycles. The highest BCUT2D eigenvalue weighted by Crippen LogP contribution is 2.38. The molecule has 0 atom stereocenters. The second kappa shape index (κ2) is 11.2. The summed E-state index contributed by atoms with van der Waals surface area (Å²) < 4.78 is 12.1. The van der Waals surface area contributed by atoms with Crippen LogP contribution in [0.1, 0.15) is 0 Å². The first-order chi connectivity index (χ1) is 23.2. The van der Waals surface area contributed by atoms with Crippen LogP contribution in [0.2, 0.25) is 0 Å². The van der Waals surface area contributed by atoms with Crippen molar-refractivity contribution in [2.75, 3.05) is 4.90 Å². The van der Waals surface area contributed by atoms with Gasteiger partial charge >= 0.3 is 0 Å². The summed E-state index contributed by atoms with van der Waals surface area (Å²) in [5.74, 6) is 1.21. The van der Waals surface area contributed by atoms with E-state index in [2.05, 4.69) is 120 Å². The molecule has 7 aromatic carbocycles. The smallest absolute Gasteiger partial charge is 0.227 e. The zero-order chi connectivity index (χ0) is 31.2. The predicted octanol–water partition coefficient (Wildman–Crippen LogP) is 11.6. The van der Waals surface area contributed by atoms with Crippen molar-refractivity contribution >= 4 is 50.0 Å². The number of nitrogens with zero attached hydrogens (tertiary/aromatic N) is 3. The lowest BCUT2D eigenvalue weighted by Gasteiger charge is -2.26. The minimum absolute atomic E-state index is 0.603. The summed E-state index contributed by atoms with van der Waals surface area (Å²) in [7, 11) is 0. The highest BCUT2D eigenvalue weighted by atomic mass is 16.4. The third kappa shape index (κ3) is 5.00. The summed E-state index contributed by atoms with van der Waals surface area (Å²) in [6.07, 6.45) is 0. The standard InChI is InChI=1S/C42H27N3O2/c1-2-8-32-27-33(14-13-28(32)7-1)29-15-21-34(22-16-29)45(35-23-17-30(18-24-35)41-43-37-9-3-5-11-39(37)46-41)36-25-19-31(20-26-36)42-44-38-10-4-6-12-40(38)47-42/h1-27H. The van der Waals surface area contributed by atoms with Gasteiger partial charge in [-0.3, -0.25) is 0 Å². The monoisotopic (exact) mass is 605 g/mol. The van der Waals surface area contributed by atoms with Gasteiger partial charge in [0.2, 0.25) is 11.8 Å². The second-order valence-corrected chi connectivity index (χ2v) is 11.5. The summed E-state index contributed by atoms with van der Waals surface area (Å²) in [5.41, 5.74) is 10.5. The number of para-hydroxylation sites is 4. The number of hydrogen-bond acceptors (Lipinski definition) is 5. The molecule has 47 heavy (non-hydrogen) atoms. The topological polar surface area (TPSA) is 55.3 Å². The van der Waals surface area contributed by atoms with Gasteiger partial charge in [-0.25, -0.2) is 9.97 Å². The Morgan fingerprint density at radius 1 is 0.362 bits per heavy atom. The summed E-state index contributed by atoms with van der Waals surface area (Å²) in [4.78, 5) is 11.6. The average Bonchev–Trinajstić information content (AvgIpc) is 3.78. The minimum Gasteiger partial charge on any atom is -0.436 e.